The molecule has 0 bridgehead atoms. The lowest BCUT2D eigenvalue weighted by atomic mass is 10.1. The Morgan fingerprint density at radius 3 is 2.90 bits per heavy atom. The Balaban J connectivity index is 1.76. The van der Waals surface area contributed by atoms with Crippen LogP contribution >= 0.6 is 11.3 Å². The first kappa shape index (κ1) is 15.5. The van der Waals surface area contributed by atoms with Crippen molar-refractivity contribution in [2.75, 3.05) is 13.1 Å². The van der Waals surface area contributed by atoms with Gasteiger partial charge in [-0.05, 0) is 24.3 Å². The molecule has 1 aliphatic heterocycles. The second kappa shape index (κ2) is 7.21. The molecular weight excluding hydrogens is 292 g/mol. The third kappa shape index (κ3) is 4.29. The Labute approximate surface area is 126 Å². The van der Waals surface area contributed by atoms with Gasteiger partial charge in [-0.1, -0.05) is 6.07 Å². The molecule has 1 aliphatic rings. The third-order valence-electron chi connectivity index (χ3n) is 3.48. The monoisotopic (exact) mass is 310 g/mol. The molecule has 0 saturated carbocycles. The number of aliphatic carboxylic acids is 1. The molecule has 2 rings (SSSR count). The fourth-order valence-corrected chi connectivity index (χ4v) is 3.14. The van der Waals surface area contributed by atoms with Crippen LogP contribution < -0.4 is 5.32 Å². The average Bonchev–Trinajstić information content (AvgIpc) is 3.08. The van der Waals surface area contributed by atoms with Gasteiger partial charge in [0.15, 0.2) is 0 Å². The summed E-state index contributed by atoms with van der Waals surface area (Å²) in [6, 6.07) is 3.32. The van der Waals surface area contributed by atoms with Gasteiger partial charge in [-0.15, -0.1) is 11.3 Å². The van der Waals surface area contributed by atoms with Gasteiger partial charge in [0.25, 0.3) is 5.91 Å². The molecule has 7 heteroatoms. The molecule has 0 aliphatic carbocycles. The normalized spacial score (nSPS) is 17.7. The van der Waals surface area contributed by atoms with Crippen LogP contribution in [0.1, 0.15) is 35.4 Å². The number of carbonyl (C=O) groups excluding carboxylic acids is 2. The summed E-state index contributed by atoms with van der Waals surface area (Å²) < 4.78 is 0. The van der Waals surface area contributed by atoms with Gasteiger partial charge in [0.1, 0.15) is 0 Å². The highest BCUT2D eigenvalue weighted by Crippen LogP contribution is 2.20. The number of carboxylic acid groups (broad SMARTS) is 1. The quantitative estimate of drug-likeness (QED) is 0.830. The van der Waals surface area contributed by atoms with E-state index in [0.717, 1.165) is 12.8 Å². The van der Waals surface area contributed by atoms with Crippen molar-refractivity contribution in [2.24, 2.45) is 0 Å². The van der Waals surface area contributed by atoms with Crippen molar-refractivity contribution in [3.63, 3.8) is 0 Å². The Bertz CT molecular complexity index is 515. The van der Waals surface area contributed by atoms with Crippen LogP contribution in [0, 0.1) is 0 Å². The number of carboxylic acids is 1. The Morgan fingerprint density at radius 1 is 1.43 bits per heavy atom. The number of thiophene rings is 1. The number of rotatable bonds is 6. The molecule has 0 radical (unpaired) electrons. The summed E-state index contributed by atoms with van der Waals surface area (Å²) in [6.45, 7) is 0.876. The van der Waals surface area contributed by atoms with Crippen LogP contribution in [-0.2, 0) is 9.59 Å². The zero-order valence-electron chi connectivity index (χ0n) is 11.6. The fraction of sp³-hybridized carbons (Fsp3) is 0.500. The van der Waals surface area contributed by atoms with Crippen LogP contribution in [0.2, 0.25) is 0 Å². The first-order valence-electron chi connectivity index (χ1n) is 6.91. The molecule has 1 unspecified atom stereocenters. The maximum atomic E-state index is 12.1. The van der Waals surface area contributed by atoms with E-state index in [1.54, 1.807) is 17.0 Å². The van der Waals surface area contributed by atoms with E-state index in [1.165, 1.54) is 11.3 Å². The van der Waals surface area contributed by atoms with E-state index in [2.05, 4.69) is 5.32 Å². The van der Waals surface area contributed by atoms with E-state index in [9.17, 15) is 14.4 Å². The summed E-state index contributed by atoms with van der Waals surface area (Å²) in [5, 5.41) is 13.4. The summed E-state index contributed by atoms with van der Waals surface area (Å²) in [4.78, 5) is 36.8. The second-order valence-corrected chi connectivity index (χ2v) is 5.91. The van der Waals surface area contributed by atoms with Gasteiger partial charge in [0.2, 0.25) is 5.91 Å². The Morgan fingerprint density at radius 2 is 2.24 bits per heavy atom. The van der Waals surface area contributed by atoms with E-state index < -0.39 is 5.97 Å². The van der Waals surface area contributed by atoms with E-state index in [1.807, 2.05) is 5.38 Å². The standard InChI is InChI=1S/C14H18N2O4S/c17-12(16-7-1-3-10(16)9-13(18)19)5-6-15-14(20)11-4-2-8-21-11/h2,4,8,10H,1,3,5-7,9H2,(H,15,20)(H,18,19). The summed E-state index contributed by atoms with van der Waals surface area (Å²) in [5.74, 6) is -1.16. The predicted molar refractivity (Wildman–Crippen MR) is 78.3 cm³/mol. The number of hydrogen-bond acceptors (Lipinski definition) is 4. The molecule has 2 heterocycles. The number of carbonyl (C=O) groups is 3. The maximum absolute atomic E-state index is 12.1. The topological polar surface area (TPSA) is 86.7 Å². The molecule has 1 saturated heterocycles. The minimum atomic E-state index is -0.884. The number of nitrogens with zero attached hydrogens (tertiary/aromatic N) is 1. The van der Waals surface area contributed by atoms with E-state index in [0.29, 0.717) is 11.4 Å². The molecular formula is C14H18N2O4S. The van der Waals surface area contributed by atoms with Crippen molar-refractivity contribution < 1.29 is 19.5 Å². The van der Waals surface area contributed by atoms with Crippen LogP contribution in [0.5, 0.6) is 0 Å². The van der Waals surface area contributed by atoms with E-state index in [-0.39, 0.29) is 37.2 Å². The molecule has 1 aromatic heterocycles. The van der Waals surface area contributed by atoms with E-state index >= 15 is 0 Å². The minimum absolute atomic E-state index is 0.00665. The summed E-state index contributed by atoms with van der Waals surface area (Å²) >= 11 is 1.35. The first-order valence-corrected chi connectivity index (χ1v) is 7.79. The number of nitrogens with one attached hydrogen (secondary N) is 1. The van der Waals surface area contributed by atoms with Gasteiger partial charge < -0.3 is 15.3 Å². The van der Waals surface area contributed by atoms with Crippen LogP contribution in [0.15, 0.2) is 17.5 Å². The molecule has 6 nitrogen and oxygen atoms in total. The SMILES string of the molecule is O=C(O)CC1CCCN1C(=O)CCNC(=O)c1cccs1. The van der Waals surface area contributed by atoms with Gasteiger partial charge in [0, 0.05) is 25.6 Å². The zero-order chi connectivity index (χ0) is 15.2. The molecule has 2 N–H and O–H groups in total. The molecule has 114 valence electrons. The largest absolute Gasteiger partial charge is 0.481 e. The highest BCUT2D eigenvalue weighted by molar-refractivity contribution is 7.12. The summed E-state index contributed by atoms with van der Waals surface area (Å²) in [7, 11) is 0. The van der Waals surface area contributed by atoms with Gasteiger partial charge in [-0.3, -0.25) is 14.4 Å². The molecule has 1 aromatic rings. The molecule has 2 amide bonds. The minimum Gasteiger partial charge on any atom is -0.481 e. The van der Waals surface area contributed by atoms with E-state index in [4.69, 9.17) is 5.11 Å². The maximum Gasteiger partial charge on any atom is 0.305 e. The first-order chi connectivity index (χ1) is 10.1. The number of hydrogen-bond donors (Lipinski definition) is 2. The number of amides is 2. The second-order valence-electron chi connectivity index (χ2n) is 4.96. The van der Waals surface area contributed by atoms with Crippen LogP contribution in [0.25, 0.3) is 0 Å². The zero-order valence-corrected chi connectivity index (χ0v) is 12.4. The predicted octanol–water partition coefficient (Wildman–Crippen LogP) is 1.33. The van der Waals surface area contributed by atoms with Crippen molar-refractivity contribution in [1.29, 1.82) is 0 Å². The third-order valence-corrected chi connectivity index (χ3v) is 4.35. The van der Waals surface area contributed by atoms with Crippen molar-refractivity contribution in [1.82, 2.24) is 10.2 Å². The highest BCUT2D eigenvalue weighted by Gasteiger charge is 2.29. The van der Waals surface area contributed by atoms with Crippen molar-refractivity contribution >= 4 is 29.1 Å². The number of likely N-dealkylation sites (tertiary alicyclic amines) is 1. The molecule has 0 spiro atoms. The Hall–Kier alpha value is -1.89. The van der Waals surface area contributed by atoms with Gasteiger partial charge in [-0.2, -0.15) is 0 Å². The van der Waals surface area contributed by atoms with Gasteiger partial charge in [0.05, 0.1) is 11.3 Å². The molecule has 1 atom stereocenters. The average molecular weight is 310 g/mol. The lowest BCUT2D eigenvalue weighted by Gasteiger charge is -2.23. The van der Waals surface area contributed by atoms with Crippen LogP contribution in [0.3, 0.4) is 0 Å². The van der Waals surface area contributed by atoms with Crippen molar-refractivity contribution in [3.8, 4) is 0 Å². The van der Waals surface area contributed by atoms with Gasteiger partial charge >= 0.3 is 5.97 Å². The molecule has 21 heavy (non-hydrogen) atoms. The van der Waals surface area contributed by atoms with Crippen molar-refractivity contribution in [2.45, 2.75) is 31.7 Å². The summed E-state index contributed by atoms with van der Waals surface area (Å²) in [6.07, 6.45) is 1.77. The molecule has 1 fully saturated rings. The molecule has 0 aromatic carbocycles. The summed E-state index contributed by atoms with van der Waals surface area (Å²) in [5.41, 5.74) is 0. The smallest absolute Gasteiger partial charge is 0.305 e. The lowest BCUT2D eigenvalue weighted by molar-refractivity contribution is -0.139. The highest BCUT2D eigenvalue weighted by atomic mass is 32.1. The van der Waals surface area contributed by atoms with Crippen LogP contribution in [0.4, 0.5) is 0 Å². The Kier molecular flexibility index (Phi) is 5.32. The van der Waals surface area contributed by atoms with Crippen LogP contribution in [-0.4, -0.2) is 46.9 Å². The lowest BCUT2D eigenvalue weighted by Crippen LogP contribution is -2.38. The fourth-order valence-electron chi connectivity index (χ4n) is 2.50. The van der Waals surface area contributed by atoms with Gasteiger partial charge in [-0.25, -0.2) is 0 Å². The van der Waals surface area contributed by atoms with Crippen molar-refractivity contribution in [3.05, 3.63) is 22.4 Å².